The lowest BCUT2D eigenvalue weighted by Crippen LogP contribution is -2.54. The molecule has 2 N–H and O–H groups in total. The van der Waals surface area contributed by atoms with Crippen LogP contribution in [0.5, 0.6) is 0 Å². The minimum atomic E-state index is -0.231. The summed E-state index contributed by atoms with van der Waals surface area (Å²) in [5.41, 5.74) is 0. The van der Waals surface area contributed by atoms with Crippen LogP contribution in [-0.4, -0.2) is 61.5 Å². The minimum Gasteiger partial charge on any atom is -0.390 e. The zero-order valence-electron chi connectivity index (χ0n) is 10.2. The molecular weight excluding hydrogens is 204 g/mol. The number of nitrogens with zero attached hydrogens (tertiary/aromatic N) is 1. The maximum Gasteiger partial charge on any atom is 0.0847 e. The van der Waals surface area contributed by atoms with Crippen LogP contribution < -0.4 is 5.32 Å². The molecule has 4 heteroatoms. The van der Waals surface area contributed by atoms with E-state index in [4.69, 9.17) is 4.74 Å². The molecule has 0 spiro atoms. The van der Waals surface area contributed by atoms with Crippen molar-refractivity contribution in [2.75, 3.05) is 33.4 Å². The van der Waals surface area contributed by atoms with Crippen molar-refractivity contribution in [3.63, 3.8) is 0 Å². The number of rotatable bonds is 2. The molecular formula is C12H24N2O2. The Labute approximate surface area is 98.0 Å². The summed E-state index contributed by atoms with van der Waals surface area (Å²) in [5.74, 6) is 0. The smallest absolute Gasteiger partial charge is 0.0847 e. The van der Waals surface area contributed by atoms with Gasteiger partial charge in [0, 0.05) is 25.2 Å². The summed E-state index contributed by atoms with van der Waals surface area (Å²) in [6.45, 7) is 3.57. The maximum atomic E-state index is 10.4. The number of ether oxygens (including phenoxy) is 1. The quantitative estimate of drug-likeness (QED) is 0.663. The molecule has 0 unspecified atom stereocenters. The summed E-state index contributed by atoms with van der Waals surface area (Å²) >= 11 is 0. The molecule has 2 aliphatic rings. The number of morpholine rings is 1. The molecule has 3 atom stereocenters. The second kappa shape index (κ2) is 5.96. The number of nitrogens with one attached hydrogen (secondary N) is 1. The van der Waals surface area contributed by atoms with E-state index in [0.29, 0.717) is 6.04 Å². The summed E-state index contributed by atoms with van der Waals surface area (Å²) in [7, 11) is 1.95. The lowest BCUT2D eigenvalue weighted by Gasteiger charge is -2.38. The molecule has 16 heavy (non-hydrogen) atoms. The largest absolute Gasteiger partial charge is 0.390 e. The zero-order valence-corrected chi connectivity index (χ0v) is 10.2. The van der Waals surface area contributed by atoms with E-state index in [1.54, 1.807) is 0 Å². The molecule has 2 rings (SSSR count). The normalized spacial score (nSPS) is 38.2. The fourth-order valence-corrected chi connectivity index (χ4v) is 2.95. The fraction of sp³-hybridized carbons (Fsp3) is 1.00. The highest BCUT2D eigenvalue weighted by molar-refractivity contribution is 4.90. The molecule has 0 radical (unpaired) electrons. The van der Waals surface area contributed by atoms with Gasteiger partial charge in [-0.15, -0.1) is 0 Å². The van der Waals surface area contributed by atoms with Crippen LogP contribution in [0.1, 0.15) is 25.7 Å². The average Bonchev–Trinajstić information content (AvgIpc) is 2.52. The third kappa shape index (κ3) is 2.74. The lowest BCUT2D eigenvalue weighted by molar-refractivity contribution is -0.0307. The molecule has 1 heterocycles. The Hall–Kier alpha value is -0.160. The first-order chi connectivity index (χ1) is 7.83. The van der Waals surface area contributed by atoms with Gasteiger partial charge < -0.3 is 15.2 Å². The van der Waals surface area contributed by atoms with Gasteiger partial charge in [0.15, 0.2) is 0 Å². The van der Waals surface area contributed by atoms with Crippen molar-refractivity contribution in [2.45, 2.75) is 43.9 Å². The Kier molecular flexibility index (Phi) is 4.58. The highest BCUT2D eigenvalue weighted by Crippen LogP contribution is 2.23. The van der Waals surface area contributed by atoms with Gasteiger partial charge in [-0.1, -0.05) is 12.8 Å². The predicted octanol–water partition coefficient (Wildman–Crippen LogP) is 0.210. The van der Waals surface area contributed by atoms with Gasteiger partial charge in [0.25, 0.3) is 0 Å². The van der Waals surface area contributed by atoms with Crippen LogP contribution in [0.15, 0.2) is 0 Å². The highest BCUT2D eigenvalue weighted by Gasteiger charge is 2.33. The number of aliphatic hydroxyl groups excluding tert-OH is 1. The monoisotopic (exact) mass is 228 g/mol. The first kappa shape index (κ1) is 12.3. The van der Waals surface area contributed by atoms with Crippen LogP contribution in [0.2, 0.25) is 0 Å². The second-order valence-corrected chi connectivity index (χ2v) is 4.89. The number of hydrogen-bond acceptors (Lipinski definition) is 4. The van der Waals surface area contributed by atoms with E-state index >= 15 is 0 Å². The zero-order chi connectivity index (χ0) is 11.4. The molecule has 1 aliphatic carbocycles. The number of aliphatic hydroxyl groups is 1. The Balaban J connectivity index is 1.99. The molecule has 94 valence electrons. The van der Waals surface area contributed by atoms with Gasteiger partial charge in [0.2, 0.25) is 0 Å². The van der Waals surface area contributed by atoms with E-state index in [9.17, 15) is 5.11 Å². The van der Waals surface area contributed by atoms with E-state index in [0.717, 1.165) is 39.1 Å². The van der Waals surface area contributed by atoms with Crippen molar-refractivity contribution < 1.29 is 9.84 Å². The van der Waals surface area contributed by atoms with Crippen molar-refractivity contribution >= 4 is 0 Å². The van der Waals surface area contributed by atoms with Gasteiger partial charge in [-0.05, 0) is 19.9 Å². The first-order valence-corrected chi connectivity index (χ1v) is 6.50. The van der Waals surface area contributed by atoms with Gasteiger partial charge in [-0.25, -0.2) is 0 Å². The molecule has 0 aromatic carbocycles. The number of hydrogen-bond donors (Lipinski definition) is 2. The van der Waals surface area contributed by atoms with E-state index in [1.165, 1.54) is 12.8 Å². The van der Waals surface area contributed by atoms with Gasteiger partial charge >= 0.3 is 0 Å². The van der Waals surface area contributed by atoms with Crippen LogP contribution in [-0.2, 0) is 4.74 Å². The van der Waals surface area contributed by atoms with E-state index in [1.807, 2.05) is 7.05 Å². The molecule has 0 aromatic heterocycles. The Morgan fingerprint density at radius 3 is 2.56 bits per heavy atom. The summed E-state index contributed by atoms with van der Waals surface area (Å²) in [4.78, 5) is 2.41. The van der Waals surface area contributed by atoms with Crippen molar-refractivity contribution in [3.05, 3.63) is 0 Å². The number of likely N-dealkylation sites (N-methyl/N-ethyl adjacent to an activating group) is 1. The standard InChI is InChI=1S/C12H24N2O2/c1-13-10-4-2-3-5-11(12(10)15)14-6-8-16-9-7-14/h10-13,15H,2-9H2,1H3/t10-,11-,12-/m1/s1. The molecule has 1 saturated heterocycles. The Bertz CT molecular complexity index is 207. The van der Waals surface area contributed by atoms with Crippen molar-refractivity contribution in [2.24, 2.45) is 0 Å². The van der Waals surface area contributed by atoms with Gasteiger partial charge in [-0.2, -0.15) is 0 Å². The third-order valence-electron chi connectivity index (χ3n) is 3.96. The van der Waals surface area contributed by atoms with Crippen molar-refractivity contribution in [1.82, 2.24) is 10.2 Å². The highest BCUT2D eigenvalue weighted by atomic mass is 16.5. The third-order valence-corrected chi connectivity index (χ3v) is 3.96. The molecule has 1 saturated carbocycles. The SMILES string of the molecule is CN[C@@H]1CCCC[C@@H](N2CCOCC2)[C@@H]1O. The van der Waals surface area contributed by atoms with Gasteiger partial charge in [0.05, 0.1) is 19.3 Å². The van der Waals surface area contributed by atoms with Crippen LogP contribution in [0.4, 0.5) is 0 Å². The second-order valence-electron chi connectivity index (χ2n) is 4.89. The van der Waals surface area contributed by atoms with Gasteiger partial charge in [-0.3, -0.25) is 4.90 Å². The van der Waals surface area contributed by atoms with Crippen LogP contribution in [0.3, 0.4) is 0 Å². The Morgan fingerprint density at radius 1 is 1.19 bits per heavy atom. The first-order valence-electron chi connectivity index (χ1n) is 6.50. The van der Waals surface area contributed by atoms with E-state index in [-0.39, 0.29) is 12.1 Å². The van der Waals surface area contributed by atoms with Crippen molar-refractivity contribution in [3.8, 4) is 0 Å². The molecule has 0 bridgehead atoms. The fourth-order valence-electron chi connectivity index (χ4n) is 2.95. The molecule has 0 amide bonds. The van der Waals surface area contributed by atoms with Crippen LogP contribution >= 0.6 is 0 Å². The van der Waals surface area contributed by atoms with Gasteiger partial charge in [0.1, 0.15) is 0 Å². The minimum absolute atomic E-state index is 0.231. The maximum absolute atomic E-state index is 10.4. The summed E-state index contributed by atoms with van der Waals surface area (Å²) < 4.78 is 5.37. The summed E-state index contributed by atoms with van der Waals surface area (Å²) in [6, 6.07) is 0.583. The van der Waals surface area contributed by atoms with E-state index in [2.05, 4.69) is 10.2 Å². The summed E-state index contributed by atoms with van der Waals surface area (Å²) in [6.07, 6.45) is 4.45. The predicted molar refractivity (Wildman–Crippen MR) is 63.5 cm³/mol. The molecule has 4 nitrogen and oxygen atoms in total. The lowest BCUT2D eigenvalue weighted by atomic mass is 10.00. The van der Waals surface area contributed by atoms with Crippen LogP contribution in [0, 0.1) is 0 Å². The van der Waals surface area contributed by atoms with Crippen molar-refractivity contribution in [1.29, 1.82) is 0 Å². The molecule has 0 aromatic rings. The molecule has 2 fully saturated rings. The topological polar surface area (TPSA) is 44.7 Å². The molecule has 1 aliphatic heterocycles. The Morgan fingerprint density at radius 2 is 1.88 bits per heavy atom. The summed E-state index contributed by atoms with van der Waals surface area (Å²) in [5, 5.41) is 13.7. The van der Waals surface area contributed by atoms with E-state index < -0.39 is 0 Å². The van der Waals surface area contributed by atoms with Crippen LogP contribution in [0.25, 0.3) is 0 Å². The average molecular weight is 228 g/mol.